The predicted octanol–water partition coefficient (Wildman–Crippen LogP) is 4.07. The number of hydrogen-bond acceptors (Lipinski definition) is 1. The van der Waals surface area contributed by atoms with E-state index in [9.17, 15) is 0 Å². The fraction of sp³-hybridized carbons (Fsp3) is 0.500. The highest BCUT2D eigenvalue weighted by atomic mass is 35.5. The summed E-state index contributed by atoms with van der Waals surface area (Å²) in [6.45, 7) is 3.23. The fourth-order valence-electron chi connectivity index (χ4n) is 1.86. The summed E-state index contributed by atoms with van der Waals surface area (Å²) in [5.74, 6) is 0.481. The summed E-state index contributed by atoms with van der Waals surface area (Å²) in [5.41, 5.74) is 2.23. The van der Waals surface area contributed by atoms with E-state index in [2.05, 4.69) is 17.9 Å². The second-order valence-electron chi connectivity index (χ2n) is 3.93. The van der Waals surface area contributed by atoms with Gasteiger partial charge in [-0.25, -0.2) is 0 Å². The molecule has 0 N–H and O–H groups in total. The van der Waals surface area contributed by atoms with Crippen LogP contribution in [-0.4, -0.2) is 12.6 Å². The third-order valence-corrected chi connectivity index (χ3v) is 3.48. The second-order valence-corrected chi connectivity index (χ2v) is 4.60. The zero-order valence-corrected chi connectivity index (χ0v) is 10.4. The van der Waals surface area contributed by atoms with Gasteiger partial charge in [-0.2, -0.15) is 0 Å². The molecule has 0 heterocycles. The van der Waals surface area contributed by atoms with Gasteiger partial charge in [0.25, 0.3) is 0 Å². The van der Waals surface area contributed by atoms with Crippen molar-refractivity contribution < 1.29 is 0 Å². The Balaban J connectivity index is 2.23. The summed E-state index contributed by atoms with van der Waals surface area (Å²) in [6.07, 6.45) is 2.62. The molecule has 0 aliphatic heterocycles. The van der Waals surface area contributed by atoms with Crippen molar-refractivity contribution in [2.24, 2.45) is 0 Å². The van der Waals surface area contributed by atoms with Gasteiger partial charge in [0.15, 0.2) is 0 Å². The van der Waals surface area contributed by atoms with E-state index in [1.54, 1.807) is 0 Å². The van der Waals surface area contributed by atoms with Crippen molar-refractivity contribution in [2.75, 3.05) is 11.4 Å². The van der Waals surface area contributed by atoms with Gasteiger partial charge in [0.1, 0.15) is 0 Å². The van der Waals surface area contributed by atoms with Gasteiger partial charge in [-0.15, -0.1) is 11.6 Å². The van der Waals surface area contributed by atoms with Gasteiger partial charge in [-0.3, -0.25) is 0 Å². The number of hydrogen-bond donors (Lipinski definition) is 0. The fourth-order valence-corrected chi connectivity index (χ4v) is 2.40. The largest absolute Gasteiger partial charge is 0.369 e. The minimum atomic E-state index is 0.481. The van der Waals surface area contributed by atoms with Crippen LogP contribution in [0.3, 0.4) is 0 Å². The minimum absolute atomic E-state index is 0.481. The third-order valence-electron chi connectivity index (χ3n) is 2.84. The Morgan fingerprint density at radius 3 is 2.60 bits per heavy atom. The Bertz CT molecular complexity index is 347. The molecule has 1 saturated carbocycles. The maximum atomic E-state index is 6.14. The first-order valence-corrected chi connectivity index (χ1v) is 6.28. The molecular weight excluding hydrogens is 229 g/mol. The van der Waals surface area contributed by atoms with Crippen LogP contribution < -0.4 is 4.90 Å². The van der Waals surface area contributed by atoms with Gasteiger partial charge < -0.3 is 4.90 Å². The van der Waals surface area contributed by atoms with Crippen molar-refractivity contribution in [1.82, 2.24) is 0 Å². The number of anilines is 1. The molecule has 1 aliphatic rings. The van der Waals surface area contributed by atoms with Crippen molar-refractivity contribution in [3.8, 4) is 0 Å². The van der Waals surface area contributed by atoms with E-state index in [0.717, 1.165) is 23.2 Å². The molecule has 0 radical (unpaired) electrons. The minimum Gasteiger partial charge on any atom is -0.369 e. The van der Waals surface area contributed by atoms with Gasteiger partial charge in [0.05, 0.1) is 0 Å². The first-order valence-electron chi connectivity index (χ1n) is 5.37. The van der Waals surface area contributed by atoms with E-state index in [-0.39, 0.29) is 0 Å². The van der Waals surface area contributed by atoms with Crippen molar-refractivity contribution in [3.63, 3.8) is 0 Å². The predicted molar refractivity (Wildman–Crippen MR) is 67.1 cm³/mol. The van der Waals surface area contributed by atoms with Crippen LogP contribution in [0.2, 0.25) is 5.02 Å². The van der Waals surface area contributed by atoms with Crippen LogP contribution in [0.25, 0.3) is 0 Å². The SMILES string of the molecule is CCN(c1ccc(CCl)c(Cl)c1)C1CC1. The van der Waals surface area contributed by atoms with Crippen molar-refractivity contribution in [2.45, 2.75) is 31.7 Å². The Morgan fingerprint density at radius 1 is 1.40 bits per heavy atom. The standard InChI is InChI=1S/C12H15Cl2N/c1-2-15(10-5-6-10)11-4-3-9(8-13)12(14)7-11/h3-4,7,10H,2,5-6,8H2,1H3. The lowest BCUT2D eigenvalue weighted by Gasteiger charge is -2.23. The molecule has 2 rings (SSSR count). The summed E-state index contributed by atoms with van der Waals surface area (Å²) < 4.78 is 0. The second kappa shape index (κ2) is 4.63. The lowest BCUT2D eigenvalue weighted by atomic mass is 10.2. The smallest absolute Gasteiger partial charge is 0.0488 e. The van der Waals surface area contributed by atoms with E-state index < -0.39 is 0 Å². The number of halogens is 2. The zero-order valence-electron chi connectivity index (χ0n) is 8.84. The van der Waals surface area contributed by atoms with Crippen LogP contribution in [0.1, 0.15) is 25.3 Å². The average molecular weight is 244 g/mol. The summed E-state index contributed by atoms with van der Waals surface area (Å²) in [6, 6.07) is 6.90. The molecule has 15 heavy (non-hydrogen) atoms. The summed E-state index contributed by atoms with van der Waals surface area (Å²) in [4.78, 5) is 2.41. The van der Waals surface area contributed by atoms with Gasteiger partial charge in [-0.1, -0.05) is 17.7 Å². The van der Waals surface area contributed by atoms with Crippen LogP contribution >= 0.6 is 23.2 Å². The number of nitrogens with zero attached hydrogens (tertiary/aromatic N) is 1. The Labute approximate surface area is 101 Å². The van der Waals surface area contributed by atoms with E-state index in [1.165, 1.54) is 18.5 Å². The topological polar surface area (TPSA) is 3.24 Å². The molecule has 0 saturated heterocycles. The maximum absolute atomic E-state index is 6.14. The van der Waals surface area contributed by atoms with E-state index in [4.69, 9.17) is 23.2 Å². The van der Waals surface area contributed by atoms with E-state index in [1.807, 2.05) is 12.1 Å². The van der Waals surface area contributed by atoms with Crippen LogP contribution in [0.5, 0.6) is 0 Å². The summed E-state index contributed by atoms with van der Waals surface area (Å²) in [5, 5.41) is 0.779. The van der Waals surface area contributed by atoms with Crippen molar-refractivity contribution >= 4 is 28.9 Å². The molecule has 82 valence electrons. The molecule has 1 aromatic rings. The highest BCUT2D eigenvalue weighted by Crippen LogP contribution is 2.33. The molecule has 0 bridgehead atoms. The lowest BCUT2D eigenvalue weighted by molar-refractivity contribution is 0.826. The van der Waals surface area contributed by atoms with Gasteiger partial charge >= 0.3 is 0 Å². The van der Waals surface area contributed by atoms with Gasteiger partial charge in [-0.05, 0) is 37.5 Å². The zero-order chi connectivity index (χ0) is 10.8. The Hall–Kier alpha value is -0.400. The quantitative estimate of drug-likeness (QED) is 0.721. The van der Waals surface area contributed by atoms with E-state index >= 15 is 0 Å². The van der Waals surface area contributed by atoms with Crippen molar-refractivity contribution in [3.05, 3.63) is 28.8 Å². The maximum Gasteiger partial charge on any atom is 0.0488 e. The van der Waals surface area contributed by atoms with Gasteiger partial charge in [0, 0.05) is 29.2 Å². The normalized spacial score (nSPS) is 15.4. The molecule has 0 atom stereocenters. The first kappa shape index (κ1) is 11.1. The molecule has 0 unspecified atom stereocenters. The highest BCUT2D eigenvalue weighted by molar-refractivity contribution is 6.32. The molecule has 3 heteroatoms. The molecule has 1 aromatic carbocycles. The lowest BCUT2D eigenvalue weighted by Crippen LogP contribution is -2.24. The molecule has 1 fully saturated rings. The molecule has 1 aliphatic carbocycles. The number of benzene rings is 1. The molecule has 0 amide bonds. The highest BCUT2D eigenvalue weighted by Gasteiger charge is 2.28. The molecule has 1 nitrogen and oxygen atoms in total. The summed E-state index contributed by atoms with van der Waals surface area (Å²) in [7, 11) is 0. The van der Waals surface area contributed by atoms with Crippen molar-refractivity contribution in [1.29, 1.82) is 0 Å². The van der Waals surface area contributed by atoms with E-state index in [0.29, 0.717) is 5.88 Å². The Kier molecular flexibility index (Phi) is 3.42. The number of rotatable bonds is 4. The Morgan fingerprint density at radius 2 is 2.13 bits per heavy atom. The summed E-state index contributed by atoms with van der Waals surface area (Å²) >= 11 is 11.9. The van der Waals surface area contributed by atoms with Gasteiger partial charge in [0.2, 0.25) is 0 Å². The molecular formula is C12H15Cl2N. The molecule has 0 aromatic heterocycles. The van der Waals surface area contributed by atoms with Crippen LogP contribution in [0.4, 0.5) is 5.69 Å². The molecule has 0 spiro atoms. The number of alkyl halides is 1. The first-order chi connectivity index (χ1) is 7.26. The van der Waals surface area contributed by atoms with Crippen LogP contribution in [0, 0.1) is 0 Å². The average Bonchev–Trinajstić information content (AvgIpc) is 3.03. The third kappa shape index (κ3) is 2.40. The van der Waals surface area contributed by atoms with Crippen LogP contribution in [-0.2, 0) is 5.88 Å². The monoisotopic (exact) mass is 243 g/mol. The van der Waals surface area contributed by atoms with Crippen LogP contribution in [0.15, 0.2) is 18.2 Å².